The zero-order valence-corrected chi connectivity index (χ0v) is 15.2. The first-order valence-electron chi connectivity index (χ1n) is 7.50. The summed E-state index contributed by atoms with van der Waals surface area (Å²) in [4.78, 5) is 16.4. The number of aromatic nitrogens is 2. The number of rotatable bonds is 5. The molecule has 2 aromatic heterocycles. The Hall–Kier alpha value is -2.71. The van der Waals surface area contributed by atoms with Gasteiger partial charge in [0.1, 0.15) is 18.2 Å². The molecular formula is C17H11Cl2F2N3O3. The number of hydrogen-bond donors (Lipinski definition) is 1. The molecule has 0 radical (unpaired) electrons. The Morgan fingerprint density at radius 2 is 2.07 bits per heavy atom. The molecule has 1 amide bonds. The topological polar surface area (TPSA) is 77.3 Å². The highest BCUT2D eigenvalue weighted by molar-refractivity contribution is 6.36. The lowest BCUT2D eigenvalue weighted by Gasteiger charge is -2.08. The van der Waals surface area contributed by atoms with Gasteiger partial charge in [-0.2, -0.15) is 0 Å². The van der Waals surface area contributed by atoms with Crippen LogP contribution in [-0.4, -0.2) is 16.0 Å². The first-order valence-corrected chi connectivity index (χ1v) is 8.26. The molecular weight excluding hydrogens is 403 g/mol. The van der Waals surface area contributed by atoms with E-state index in [2.05, 4.69) is 15.5 Å². The largest absolute Gasteiger partial charge is 0.486 e. The minimum atomic E-state index is -0.868. The van der Waals surface area contributed by atoms with Gasteiger partial charge in [0.2, 0.25) is 0 Å². The van der Waals surface area contributed by atoms with Crippen molar-refractivity contribution in [2.75, 3.05) is 5.32 Å². The predicted octanol–water partition coefficient (Wildman–Crippen LogP) is 4.79. The van der Waals surface area contributed by atoms with Gasteiger partial charge in [0.15, 0.2) is 23.1 Å². The third-order valence-electron chi connectivity index (χ3n) is 3.51. The maximum atomic E-state index is 13.7. The van der Waals surface area contributed by atoms with Gasteiger partial charge in [-0.3, -0.25) is 4.79 Å². The normalized spacial score (nSPS) is 10.7. The van der Waals surface area contributed by atoms with E-state index in [-0.39, 0.29) is 28.9 Å². The molecule has 3 aromatic rings. The van der Waals surface area contributed by atoms with E-state index in [1.54, 1.807) is 6.92 Å². The highest BCUT2D eigenvalue weighted by Gasteiger charge is 2.22. The molecule has 0 spiro atoms. The van der Waals surface area contributed by atoms with Crippen molar-refractivity contribution in [3.8, 4) is 5.75 Å². The zero-order chi connectivity index (χ0) is 19.6. The van der Waals surface area contributed by atoms with Crippen molar-refractivity contribution in [3.05, 3.63) is 69.2 Å². The maximum absolute atomic E-state index is 13.7. The van der Waals surface area contributed by atoms with E-state index in [1.807, 2.05) is 0 Å². The van der Waals surface area contributed by atoms with Crippen LogP contribution in [0.1, 0.15) is 21.8 Å². The Labute approximate surface area is 162 Å². The molecule has 0 saturated heterocycles. The summed E-state index contributed by atoms with van der Waals surface area (Å²) in [5.74, 6) is -2.03. The number of anilines is 1. The lowest BCUT2D eigenvalue weighted by molar-refractivity contribution is 0.101. The first-order chi connectivity index (χ1) is 12.8. The van der Waals surface area contributed by atoms with Crippen molar-refractivity contribution in [1.82, 2.24) is 10.1 Å². The molecule has 1 N–H and O–H groups in total. The van der Waals surface area contributed by atoms with Gasteiger partial charge in [-0.25, -0.2) is 13.8 Å². The zero-order valence-electron chi connectivity index (χ0n) is 13.7. The summed E-state index contributed by atoms with van der Waals surface area (Å²) in [6.45, 7) is 1.35. The summed E-state index contributed by atoms with van der Waals surface area (Å²) >= 11 is 11.7. The predicted molar refractivity (Wildman–Crippen MR) is 94.1 cm³/mol. The highest BCUT2D eigenvalue weighted by Crippen LogP contribution is 2.25. The fraction of sp³-hybridized carbons (Fsp3) is 0.118. The second-order valence-corrected chi connectivity index (χ2v) is 6.21. The summed E-state index contributed by atoms with van der Waals surface area (Å²) < 4.78 is 37.0. The Bertz CT molecular complexity index is 1010. The molecule has 27 heavy (non-hydrogen) atoms. The number of aryl methyl sites for hydroxylation is 1. The second kappa shape index (κ2) is 7.89. The molecule has 6 nitrogen and oxygen atoms in total. The van der Waals surface area contributed by atoms with Gasteiger partial charge in [-0.1, -0.05) is 28.4 Å². The van der Waals surface area contributed by atoms with Crippen LogP contribution in [0.4, 0.5) is 14.6 Å². The molecule has 0 saturated carbocycles. The van der Waals surface area contributed by atoms with Crippen molar-refractivity contribution < 1.29 is 22.8 Å². The van der Waals surface area contributed by atoms with Gasteiger partial charge in [-0.15, -0.1) is 0 Å². The lowest BCUT2D eigenvalue weighted by Crippen LogP contribution is -2.16. The molecule has 0 atom stereocenters. The summed E-state index contributed by atoms with van der Waals surface area (Å²) in [5, 5.41) is 6.62. The van der Waals surface area contributed by atoms with Crippen LogP contribution < -0.4 is 10.1 Å². The number of halogens is 4. The number of carbonyl (C=O) groups is 1. The standard InChI is InChI=1S/C17H11Cl2F2N3O3/c1-8-11(7-26-14-3-2-10(20)5-13(14)21)15(24-27-8)17(25)23-16-12(19)4-9(18)6-22-16/h2-6H,7H2,1H3,(H,22,23,25). The third-order valence-corrected chi connectivity index (χ3v) is 4.00. The summed E-state index contributed by atoms with van der Waals surface area (Å²) in [5.41, 5.74) is 0.212. The molecule has 0 unspecified atom stereocenters. The molecule has 2 heterocycles. The average molecular weight is 414 g/mol. The van der Waals surface area contributed by atoms with Crippen LogP contribution in [0.5, 0.6) is 5.75 Å². The number of carbonyl (C=O) groups excluding carboxylic acids is 1. The van der Waals surface area contributed by atoms with Crippen LogP contribution >= 0.6 is 23.2 Å². The Kier molecular flexibility index (Phi) is 5.57. The minimum absolute atomic E-state index is 0.0807. The van der Waals surface area contributed by atoms with Crippen LogP contribution in [0.15, 0.2) is 35.0 Å². The summed E-state index contributed by atoms with van der Waals surface area (Å²) in [6.07, 6.45) is 1.32. The lowest BCUT2D eigenvalue weighted by atomic mass is 10.2. The highest BCUT2D eigenvalue weighted by atomic mass is 35.5. The van der Waals surface area contributed by atoms with Crippen molar-refractivity contribution in [1.29, 1.82) is 0 Å². The van der Waals surface area contributed by atoms with E-state index in [0.29, 0.717) is 22.4 Å². The van der Waals surface area contributed by atoms with Crippen molar-refractivity contribution in [2.24, 2.45) is 0 Å². The van der Waals surface area contributed by atoms with Crippen molar-refractivity contribution >= 4 is 34.9 Å². The number of pyridine rings is 1. The van der Waals surface area contributed by atoms with Crippen LogP contribution in [0.25, 0.3) is 0 Å². The maximum Gasteiger partial charge on any atom is 0.279 e. The molecule has 0 fully saturated rings. The number of benzene rings is 1. The van der Waals surface area contributed by atoms with E-state index in [9.17, 15) is 13.6 Å². The minimum Gasteiger partial charge on any atom is -0.486 e. The van der Waals surface area contributed by atoms with E-state index in [4.69, 9.17) is 32.5 Å². The van der Waals surface area contributed by atoms with Gasteiger partial charge < -0.3 is 14.6 Å². The molecule has 10 heteroatoms. The molecule has 140 valence electrons. The van der Waals surface area contributed by atoms with Crippen LogP contribution in [0.3, 0.4) is 0 Å². The van der Waals surface area contributed by atoms with E-state index in [1.165, 1.54) is 12.3 Å². The molecule has 3 rings (SSSR count). The van der Waals surface area contributed by atoms with Gasteiger partial charge in [-0.05, 0) is 25.1 Å². The van der Waals surface area contributed by atoms with Gasteiger partial charge in [0, 0.05) is 12.3 Å². The van der Waals surface area contributed by atoms with Crippen molar-refractivity contribution in [3.63, 3.8) is 0 Å². The second-order valence-electron chi connectivity index (χ2n) is 5.37. The average Bonchev–Trinajstić information content (AvgIpc) is 2.97. The number of nitrogens with one attached hydrogen (secondary N) is 1. The van der Waals surface area contributed by atoms with Crippen LogP contribution in [0, 0.1) is 18.6 Å². The smallest absolute Gasteiger partial charge is 0.279 e. The molecule has 0 aliphatic heterocycles. The van der Waals surface area contributed by atoms with Crippen LogP contribution in [0.2, 0.25) is 10.0 Å². The summed E-state index contributed by atoms with van der Waals surface area (Å²) in [7, 11) is 0. The van der Waals surface area contributed by atoms with Gasteiger partial charge in [0.05, 0.1) is 15.6 Å². The van der Waals surface area contributed by atoms with E-state index in [0.717, 1.165) is 12.1 Å². The van der Waals surface area contributed by atoms with E-state index >= 15 is 0 Å². The van der Waals surface area contributed by atoms with Crippen LogP contribution in [-0.2, 0) is 6.61 Å². The third kappa shape index (κ3) is 4.35. The number of nitrogens with zero attached hydrogens (tertiary/aromatic N) is 2. The number of hydrogen-bond acceptors (Lipinski definition) is 5. The van der Waals surface area contributed by atoms with Crippen molar-refractivity contribution in [2.45, 2.75) is 13.5 Å². The Balaban J connectivity index is 1.78. The molecule has 0 aliphatic rings. The monoisotopic (exact) mass is 413 g/mol. The fourth-order valence-electron chi connectivity index (χ4n) is 2.16. The quantitative estimate of drug-likeness (QED) is 0.650. The Morgan fingerprint density at radius 1 is 1.30 bits per heavy atom. The SMILES string of the molecule is Cc1onc(C(=O)Nc2ncc(Cl)cc2Cl)c1COc1ccc(F)cc1F. The van der Waals surface area contributed by atoms with Gasteiger partial charge in [0.25, 0.3) is 5.91 Å². The first kappa shape index (κ1) is 19.1. The Morgan fingerprint density at radius 3 is 2.78 bits per heavy atom. The number of amides is 1. The fourth-order valence-corrected chi connectivity index (χ4v) is 2.58. The molecule has 0 bridgehead atoms. The van der Waals surface area contributed by atoms with E-state index < -0.39 is 17.5 Å². The molecule has 0 aliphatic carbocycles. The molecule has 1 aromatic carbocycles. The summed E-state index contributed by atoms with van der Waals surface area (Å²) in [6, 6.07) is 4.31. The number of ether oxygens (including phenoxy) is 1. The van der Waals surface area contributed by atoms with Gasteiger partial charge >= 0.3 is 0 Å².